The van der Waals surface area contributed by atoms with Gasteiger partial charge in [-0.05, 0) is 47.4 Å². The molecule has 0 fully saturated rings. The molecule has 34 heavy (non-hydrogen) atoms. The van der Waals surface area contributed by atoms with Crippen molar-refractivity contribution < 1.29 is 9.21 Å². The topological polar surface area (TPSA) is 137 Å². The van der Waals surface area contributed by atoms with Gasteiger partial charge in [0.15, 0.2) is 5.76 Å². The maximum Gasteiger partial charge on any atom is 0.259 e. The van der Waals surface area contributed by atoms with Crippen molar-refractivity contribution in [2.45, 2.75) is 19.3 Å². The Labute approximate surface area is 194 Å². The monoisotopic (exact) mass is 454 g/mol. The number of nitrogens with zero attached hydrogens (tertiary/aromatic N) is 6. The lowest BCUT2D eigenvalue weighted by Crippen LogP contribution is -2.12. The normalized spacial score (nSPS) is 11.1. The summed E-state index contributed by atoms with van der Waals surface area (Å²) >= 11 is 0. The number of ketones is 1. The molecule has 0 radical (unpaired) electrons. The molecule has 0 atom stereocenters. The Kier molecular flexibility index (Phi) is 5.93. The van der Waals surface area contributed by atoms with Crippen LogP contribution in [0.2, 0.25) is 0 Å². The first-order valence-electron chi connectivity index (χ1n) is 10.8. The highest BCUT2D eigenvalue weighted by atomic mass is 16.3. The molecule has 5 rings (SSSR count). The Bertz CT molecular complexity index is 1400. The number of pyridine rings is 1. The number of nitrogens with two attached hydrogens (primary N) is 1. The molecule has 0 spiro atoms. The van der Waals surface area contributed by atoms with Crippen molar-refractivity contribution in [1.82, 2.24) is 29.5 Å². The largest absolute Gasteiger partial charge is 0.461 e. The second-order valence-corrected chi connectivity index (χ2v) is 7.77. The highest BCUT2D eigenvalue weighted by molar-refractivity contribution is 5.83. The van der Waals surface area contributed by atoms with E-state index in [4.69, 9.17) is 10.2 Å². The maximum absolute atomic E-state index is 12.3. The van der Waals surface area contributed by atoms with Crippen LogP contribution < -0.4 is 11.1 Å². The fraction of sp³-hybridized carbons (Fsp3) is 0.167. The van der Waals surface area contributed by atoms with Crippen LogP contribution in [0, 0.1) is 0 Å². The predicted octanol–water partition coefficient (Wildman–Crippen LogP) is 2.77. The van der Waals surface area contributed by atoms with E-state index in [1.54, 1.807) is 30.8 Å². The summed E-state index contributed by atoms with van der Waals surface area (Å²) in [6.45, 7) is 0.606. The second kappa shape index (κ2) is 9.49. The average molecular weight is 454 g/mol. The maximum atomic E-state index is 12.3. The lowest BCUT2D eigenvalue weighted by Gasteiger charge is -2.07. The van der Waals surface area contributed by atoms with Crippen molar-refractivity contribution in [3.63, 3.8) is 0 Å². The molecule has 4 aromatic heterocycles. The predicted molar refractivity (Wildman–Crippen MR) is 126 cm³/mol. The van der Waals surface area contributed by atoms with Gasteiger partial charge < -0.3 is 15.5 Å². The van der Waals surface area contributed by atoms with Gasteiger partial charge in [-0.3, -0.25) is 9.78 Å². The number of anilines is 2. The zero-order valence-corrected chi connectivity index (χ0v) is 18.3. The fourth-order valence-electron chi connectivity index (χ4n) is 3.56. The zero-order chi connectivity index (χ0) is 23.3. The first-order chi connectivity index (χ1) is 16.6. The molecule has 10 nitrogen and oxygen atoms in total. The van der Waals surface area contributed by atoms with Gasteiger partial charge in [-0.1, -0.05) is 24.3 Å². The molecule has 4 heterocycles. The number of rotatable bonds is 9. The Morgan fingerprint density at radius 1 is 0.941 bits per heavy atom. The second-order valence-electron chi connectivity index (χ2n) is 7.77. The summed E-state index contributed by atoms with van der Waals surface area (Å²) in [5.41, 5.74) is 9.13. The lowest BCUT2D eigenvalue weighted by atomic mass is 10.0. The smallest absolute Gasteiger partial charge is 0.259 e. The Balaban J connectivity index is 1.16. The Morgan fingerprint density at radius 2 is 1.68 bits per heavy atom. The minimum absolute atomic E-state index is 0.175. The molecule has 0 aliphatic rings. The number of carbonyl (C=O) groups excluding carboxylic acids is 1. The summed E-state index contributed by atoms with van der Waals surface area (Å²) in [7, 11) is 0. The molecule has 0 bridgehead atoms. The summed E-state index contributed by atoms with van der Waals surface area (Å²) in [5, 5.41) is 7.46. The molecule has 10 heteroatoms. The third-order valence-electron chi connectivity index (χ3n) is 5.25. The molecule has 0 amide bonds. The highest BCUT2D eigenvalue weighted by Crippen LogP contribution is 2.17. The lowest BCUT2D eigenvalue weighted by molar-refractivity contribution is -0.117. The summed E-state index contributed by atoms with van der Waals surface area (Å²) < 4.78 is 6.70. The molecule has 0 saturated carbocycles. The average Bonchev–Trinajstić information content (AvgIpc) is 3.51. The van der Waals surface area contributed by atoms with Gasteiger partial charge in [0.05, 0.1) is 6.26 Å². The number of furan rings is 1. The van der Waals surface area contributed by atoms with Gasteiger partial charge in [0.25, 0.3) is 5.78 Å². The van der Waals surface area contributed by atoms with E-state index in [0.29, 0.717) is 42.7 Å². The van der Waals surface area contributed by atoms with Crippen molar-refractivity contribution in [1.29, 1.82) is 0 Å². The number of aromatic nitrogens is 6. The van der Waals surface area contributed by atoms with E-state index in [1.165, 1.54) is 4.52 Å². The number of benzene rings is 1. The first kappa shape index (κ1) is 21.3. The molecular weight excluding hydrogens is 432 g/mol. The summed E-state index contributed by atoms with van der Waals surface area (Å²) in [6.07, 6.45) is 6.53. The van der Waals surface area contributed by atoms with E-state index >= 15 is 0 Å². The summed E-state index contributed by atoms with van der Waals surface area (Å²) in [5.74, 6) is 1.99. The molecule has 0 unspecified atom stereocenters. The third-order valence-corrected chi connectivity index (χ3v) is 5.25. The highest BCUT2D eigenvalue weighted by Gasteiger charge is 2.13. The van der Waals surface area contributed by atoms with Crippen LogP contribution in [0.25, 0.3) is 17.4 Å². The number of nitrogen functional groups attached to an aromatic ring is 1. The number of nitrogens with one attached hydrogen (secondary N) is 1. The van der Waals surface area contributed by atoms with Crippen molar-refractivity contribution in [2.75, 3.05) is 17.6 Å². The van der Waals surface area contributed by atoms with Gasteiger partial charge in [0.2, 0.25) is 17.7 Å². The molecule has 3 N–H and O–H groups in total. The van der Waals surface area contributed by atoms with Crippen LogP contribution in [-0.4, -0.2) is 41.9 Å². The number of carbonyl (C=O) groups is 1. The Morgan fingerprint density at radius 3 is 2.41 bits per heavy atom. The van der Waals surface area contributed by atoms with E-state index in [-0.39, 0.29) is 11.7 Å². The molecule has 170 valence electrons. The molecule has 0 saturated heterocycles. The van der Waals surface area contributed by atoms with Crippen LogP contribution in [0.15, 0.2) is 71.6 Å². The quantitative estimate of drug-likeness (QED) is 0.344. The van der Waals surface area contributed by atoms with E-state index < -0.39 is 0 Å². The van der Waals surface area contributed by atoms with Crippen molar-refractivity contribution >= 4 is 23.5 Å². The van der Waals surface area contributed by atoms with Crippen molar-refractivity contribution in [3.05, 3.63) is 83.9 Å². The van der Waals surface area contributed by atoms with Crippen LogP contribution in [0.4, 0.5) is 11.9 Å². The van der Waals surface area contributed by atoms with Gasteiger partial charge in [0, 0.05) is 31.8 Å². The number of hydrogen-bond donors (Lipinski definition) is 2. The number of fused-ring (bicyclic) bond motifs is 1. The van der Waals surface area contributed by atoms with Crippen LogP contribution >= 0.6 is 0 Å². The van der Waals surface area contributed by atoms with Crippen LogP contribution in [0.5, 0.6) is 0 Å². The first-order valence-corrected chi connectivity index (χ1v) is 10.8. The fourth-order valence-corrected chi connectivity index (χ4v) is 3.56. The number of hydrogen-bond acceptors (Lipinski definition) is 9. The van der Waals surface area contributed by atoms with Crippen molar-refractivity contribution in [3.8, 4) is 11.6 Å². The SMILES string of the molecule is Nc1nc(NCCc2ccc(CC(=O)Cc3ccncc3)cc2)nc2nc(-c3ccco3)nn12. The third kappa shape index (κ3) is 4.90. The van der Waals surface area contributed by atoms with E-state index in [9.17, 15) is 4.79 Å². The zero-order valence-electron chi connectivity index (χ0n) is 18.3. The molecular formula is C24H22N8O2. The molecule has 1 aromatic carbocycles. The van der Waals surface area contributed by atoms with Gasteiger partial charge in [0.1, 0.15) is 5.78 Å². The van der Waals surface area contributed by atoms with E-state index in [0.717, 1.165) is 23.1 Å². The Hall–Kier alpha value is -4.60. The van der Waals surface area contributed by atoms with Gasteiger partial charge in [-0.2, -0.15) is 19.5 Å². The van der Waals surface area contributed by atoms with Crippen LogP contribution in [-0.2, 0) is 24.1 Å². The molecule has 0 aliphatic heterocycles. The van der Waals surface area contributed by atoms with Crippen LogP contribution in [0.1, 0.15) is 16.7 Å². The van der Waals surface area contributed by atoms with Gasteiger partial charge >= 0.3 is 0 Å². The molecule has 0 aliphatic carbocycles. The minimum atomic E-state index is 0.175. The van der Waals surface area contributed by atoms with Crippen LogP contribution in [0.3, 0.4) is 0 Å². The minimum Gasteiger partial charge on any atom is -0.461 e. The summed E-state index contributed by atoms with van der Waals surface area (Å²) in [6, 6.07) is 15.3. The standard InChI is InChI=1S/C24H22N8O2/c25-22-29-23(30-24-28-21(31-32(22)24)20-2-1-13-34-20)27-12-9-16-3-5-17(6-4-16)14-19(33)15-18-7-10-26-11-8-18/h1-8,10-11,13H,9,12,14-15H2,(H3,25,27,28,29,30,31). The van der Waals surface area contributed by atoms with E-state index in [2.05, 4.69) is 30.4 Å². The van der Waals surface area contributed by atoms with Gasteiger partial charge in [-0.15, -0.1) is 5.10 Å². The molecule has 5 aromatic rings. The van der Waals surface area contributed by atoms with Gasteiger partial charge in [-0.25, -0.2) is 0 Å². The van der Waals surface area contributed by atoms with E-state index in [1.807, 2.05) is 36.4 Å². The number of Topliss-reactive ketones (excluding diaryl/α,β-unsaturated/α-hetero) is 1. The van der Waals surface area contributed by atoms with Crippen molar-refractivity contribution in [2.24, 2.45) is 0 Å². The summed E-state index contributed by atoms with van der Waals surface area (Å²) in [4.78, 5) is 29.3.